The molecule has 0 bridgehead atoms. The van der Waals surface area contributed by atoms with Crippen molar-refractivity contribution in [2.45, 2.75) is 38.6 Å². The van der Waals surface area contributed by atoms with Crippen molar-refractivity contribution in [3.8, 4) is 0 Å². The molecule has 1 fully saturated rings. The van der Waals surface area contributed by atoms with Crippen LogP contribution in [0.3, 0.4) is 0 Å². The maximum atomic E-state index is 12.2. The summed E-state index contributed by atoms with van der Waals surface area (Å²) in [6, 6.07) is 2.11. The Bertz CT molecular complexity index is 405. The van der Waals surface area contributed by atoms with Crippen LogP contribution in [-0.4, -0.2) is 34.8 Å². The van der Waals surface area contributed by atoms with Crippen LogP contribution < -0.4 is 10.6 Å². The van der Waals surface area contributed by atoms with E-state index in [4.69, 9.17) is 0 Å². The molecule has 0 aromatic carbocycles. The maximum Gasteiger partial charge on any atom is 0.269 e. The Morgan fingerprint density at radius 3 is 3.17 bits per heavy atom. The molecule has 1 amide bonds. The number of rotatable bonds is 3. The lowest BCUT2D eigenvalue weighted by molar-refractivity contribution is 0.0926. The Morgan fingerprint density at radius 1 is 1.61 bits per heavy atom. The fourth-order valence-corrected chi connectivity index (χ4v) is 2.31. The Labute approximate surface area is 108 Å². The molecular formula is C13H22N4O. The van der Waals surface area contributed by atoms with Gasteiger partial charge in [-0.15, -0.1) is 0 Å². The normalized spacial score (nSPS) is 20.4. The monoisotopic (exact) mass is 250 g/mol. The molecule has 2 rings (SSSR count). The first-order valence-corrected chi connectivity index (χ1v) is 6.75. The van der Waals surface area contributed by atoms with E-state index in [0.717, 1.165) is 31.6 Å². The first kappa shape index (κ1) is 13.1. The molecule has 1 aliphatic heterocycles. The summed E-state index contributed by atoms with van der Waals surface area (Å²) < 4.78 is 1.66. The van der Waals surface area contributed by atoms with Crippen LogP contribution in [0.15, 0.2) is 6.07 Å². The summed E-state index contributed by atoms with van der Waals surface area (Å²) in [7, 11) is 1.82. The molecule has 5 heteroatoms. The van der Waals surface area contributed by atoms with E-state index in [-0.39, 0.29) is 11.9 Å². The fourth-order valence-electron chi connectivity index (χ4n) is 2.31. The van der Waals surface area contributed by atoms with Gasteiger partial charge < -0.3 is 10.6 Å². The minimum atomic E-state index is -0.0154. The predicted octanol–water partition coefficient (Wildman–Crippen LogP) is 0.854. The first-order chi connectivity index (χ1) is 8.70. The smallest absolute Gasteiger partial charge is 0.269 e. The third kappa shape index (κ3) is 3.10. The van der Waals surface area contributed by atoms with Gasteiger partial charge in [-0.05, 0) is 31.9 Å². The molecule has 1 saturated heterocycles. The molecule has 0 saturated carbocycles. The number of carbonyl (C=O) groups is 1. The van der Waals surface area contributed by atoms with Gasteiger partial charge in [-0.2, -0.15) is 5.10 Å². The Hall–Kier alpha value is -1.36. The molecule has 2 N–H and O–H groups in total. The first-order valence-electron chi connectivity index (χ1n) is 6.75. The number of nitrogens with zero attached hydrogens (tertiary/aromatic N) is 2. The van der Waals surface area contributed by atoms with Gasteiger partial charge in [-0.1, -0.05) is 13.3 Å². The number of aromatic nitrogens is 2. The highest BCUT2D eigenvalue weighted by Crippen LogP contribution is 2.07. The minimum absolute atomic E-state index is 0.0154. The number of hydrogen-bond donors (Lipinski definition) is 2. The van der Waals surface area contributed by atoms with Gasteiger partial charge in [0.15, 0.2) is 0 Å². The molecule has 100 valence electrons. The summed E-state index contributed by atoms with van der Waals surface area (Å²) >= 11 is 0. The van der Waals surface area contributed by atoms with E-state index in [9.17, 15) is 4.79 Å². The van der Waals surface area contributed by atoms with E-state index in [1.165, 1.54) is 12.8 Å². The number of nitrogens with one attached hydrogen (secondary N) is 2. The van der Waals surface area contributed by atoms with E-state index in [0.29, 0.717) is 5.69 Å². The van der Waals surface area contributed by atoms with Gasteiger partial charge >= 0.3 is 0 Å². The van der Waals surface area contributed by atoms with Gasteiger partial charge in [-0.3, -0.25) is 9.48 Å². The standard InChI is InChI=1S/C13H22N4O/c1-3-10-8-12(17(2)16-10)13(18)15-11-6-4-5-7-14-9-11/h8,11,14H,3-7,9H2,1-2H3,(H,15,18). The van der Waals surface area contributed by atoms with Crippen molar-refractivity contribution in [3.63, 3.8) is 0 Å². The lowest BCUT2D eigenvalue weighted by atomic mass is 10.1. The minimum Gasteiger partial charge on any atom is -0.347 e. The van der Waals surface area contributed by atoms with Crippen LogP contribution in [0.2, 0.25) is 0 Å². The summed E-state index contributed by atoms with van der Waals surface area (Å²) in [6.45, 7) is 3.96. The van der Waals surface area contributed by atoms with Gasteiger partial charge in [0.1, 0.15) is 5.69 Å². The van der Waals surface area contributed by atoms with Crippen LogP contribution in [0.25, 0.3) is 0 Å². The highest BCUT2D eigenvalue weighted by molar-refractivity contribution is 5.92. The average Bonchev–Trinajstić information content (AvgIpc) is 2.57. The summed E-state index contributed by atoms with van der Waals surface area (Å²) in [5.41, 5.74) is 1.61. The van der Waals surface area contributed by atoms with Crippen LogP contribution in [0.1, 0.15) is 42.4 Å². The molecule has 1 aliphatic rings. The zero-order valence-corrected chi connectivity index (χ0v) is 11.2. The lowest BCUT2D eigenvalue weighted by Gasteiger charge is -2.16. The molecule has 1 aromatic rings. The lowest BCUT2D eigenvalue weighted by Crippen LogP contribution is -2.41. The maximum absolute atomic E-state index is 12.2. The van der Waals surface area contributed by atoms with Crippen LogP contribution >= 0.6 is 0 Å². The Balaban J connectivity index is 1.99. The highest BCUT2D eigenvalue weighted by atomic mass is 16.2. The van der Waals surface area contributed by atoms with Gasteiger partial charge in [0.05, 0.1) is 5.69 Å². The molecule has 2 heterocycles. The second-order valence-electron chi connectivity index (χ2n) is 4.87. The van der Waals surface area contributed by atoms with E-state index < -0.39 is 0 Å². The van der Waals surface area contributed by atoms with E-state index >= 15 is 0 Å². The van der Waals surface area contributed by atoms with E-state index in [2.05, 4.69) is 15.7 Å². The van der Waals surface area contributed by atoms with Crippen molar-refractivity contribution < 1.29 is 4.79 Å². The fraction of sp³-hybridized carbons (Fsp3) is 0.692. The SMILES string of the molecule is CCc1cc(C(=O)NC2CCCCNC2)n(C)n1. The Morgan fingerprint density at radius 2 is 2.44 bits per heavy atom. The molecule has 1 aromatic heterocycles. The predicted molar refractivity (Wildman–Crippen MR) is 70.6 cm³/mol. The zero-order chi connectivity index (χ0) is 13.0. The second kappa shape index (κ2) is 6.00. The summed E-state index contributed by atoms with van der Waals surface area (Å²) in [6.07, 6.45) is 4.27. The quantitative estimate of drug-likeness (QED) is 0.836. The van der Waals surface area contributed by atoms with Crippen LogP contribution in [0.4, 0.5) is 0 Å². The number of carbonyl (C=O) groups excluding carboxylic acids is 1. The topological polar surface area (TPSA) is 59.0 Å². The molecule has 0 aliphatic carbocycles. The molecule has 1 atom stereocenters. The number of amides is 1. The van der Waals surface area contributed by atoms with Gasteiger partial charge in [0.2, 0.25) is 0 Å². The number of aryl methyl sites for hydroxylation is 2. The molecule has 1 unspecified atom stereocenters. The molecule has 0 spiro atoms. The van der Waals surface area contributed by atoms with E-state index in [1.807, 2.05) is 20.0 Å². The molecule has 5 nitrogen and oxygen atoms in total. The Kier molecular flexibility index (Phi) is 4.36. The molecule has 18 heavy (non-hydrogen) atoms. The van der Waals surface area contributed by atoms with Crippen molar-refractivity contribution >= 4 is 5.91 Å². The highest BCUT2D eigenvalue weighted by Gasteiger charge is 2.18. The average molecular weight is 250 g/mol. The number of hydrogen-bond acceptors (Lipinski definition) is 3. The largest absolute Gasteiger partial charge is 0.347 e. The van der Waals surface area contributed by atoms with Crippen molar-refractivity contribution in [3.05, 3.63) is 17.5 Å². The third-order valence-electron chi connectivity index (χ3n) is 3.41. The van der Waals surface area contributed by atoms with Crippen molar-refractivity contribution in [1.82, 2.24) is 20.4 Å². The third-order valence-corrected chi connectivity index (χ3v) is 3.41. The molecular weight excluding hydrogens is 228 g/mol. The summed E-state index contributed by atoms with van der Waals surface area (Å²) in [5.74, 6) is -0.0154. The van der Waals surface area contributed by atoms with Gasteiger partial charge in [0, 0.05) is 19.6 Å². The van der Waals surface area contributed by atoms with Crippen molar-refractivity contribution in [1.29, 1.82) is 0 Å². The van der Waals surface area contributed by atoms with Crippen molar-refractivity contribution in [2.24, 2.45) is 7.05 Å². The van der Waals surface area contributed by atoms with Gasteiger partial charge in [0.25, 0.3) is 5.91 Å². The molecule has 0 radical (unpaired) electrons. The van der Waals surface area contributed by atoms with Crippen LogP contribution in [-0.2, 0) is 13.5 Å². The van der Waals surface area contributed by atoms with Crippen molar-refractivity contribution in [2.75, 3.05) is 13.1 Å². The van der Waals surface area contributed by atoms with Crippen LogP contribution in [0, 0.1) is 0 Å². The van der Waals surface area contributed by atoms with E-state index in [1.54, 1.807) is 4.68 Å². The summed E-state index contributed by atoms with van der Waals surface area (Å²) in [4.78, 5) is 12.2. The van der Waals surface area contributed by atoms with Gasteiger partial charge in [-0.25, -0.2) is 0 Å². The second-order valence-corrected chi connectivity index (χ2v) is 4.87. The zero-order valence-electron chi connectivity index (χ0n) is 11.2. The summed E-state index contributed by atoms with van der Waals surface area (Å²) in [5, 5.41) is 10.7. The van der Waals surface area contributed by atoms with Crippen LogP contribution in [0.5, 0.6) is 0 Å².